The van der Waals surface area contributed by atoms with Gasteiger partial charge in [-0.3, -0.25) is 4.99 Å². The van der Waals surface area contributed by atoms with Crippen LogP contribution < -0.4 is 10.6 Å². The van der Waals surface area contributed by atoms with E-state index < -0.39 is 15.2 Å². The summed E-state index contributed by atoms with van der Waals surface area (Å²) in [5.74, 6) is 0. The Morgan fingerprint density at radius 1 is 0.683 bits per heavy atom. The third-order valence-electron chi connectivity index (χ3n) is 6.25. The van der Waals surface area contributed by atoms with Gasteiger partial charge in [-0.25, -0.2) is 0 Å². The van der Waals surface area contributed by atoms with E-state index in [4.69, 9.17) is 4.99 Å². The van der Waals surface area contributed by atoms with Crippen LogP contribution in [0.2, 0.25) is 0 Å². The zero-order valence-electron chi connectivity index (χ0n) is 24.5. The van der Waals surface area contributed by atoms with Crippen molar-refractivity contribution in [3.8, 4) is 0 Å². The van der Waals surface area contributed by atoms with Crippen LogP contribution >= 0.6 is 7.92 Å². The number of hydrogen-bond donors (Lipinski definition) is 0. The molecule has 223 valence electrons. The van der Waals surface area contributed by atoms with Crippen molar-refractivity contribution in [3.05, 3.63) is 114 Å². The maximum absolute atomic E-state index is 9.75. The molecule has 1 aliphatic carbocycles. The molecule has 0 N–H and O–H groups in total. The Labute approximate surface area is 257 Å². The van der Waals surface area contributed by atoms with Crippen molar-refractivity contribution in [2.45, 2.75) is 65.5 Å². The van der Waals surface area contributed by atoms with Gasteiger partial charge in [0.25, 0.3) is 0 Å². The molecule has 0 atom stereocenters. The van der Waals surface area contributed by atoms with E-state index in [0.29, 0.717) is 0 Å². The second-order valence-corrected chi connectivity index (χ2v) is 13.6. The molecule has 0 aliphatic heterocycles. The first-order chi connectivity index (χ1) is 18.9. The molecule has 0 bridgehead atoms. The molecule has 0 saturated heterocycles. The molecule has 0 aromatic heterocycles. The number of benzene rings is 3. The minimum atomic E-state index is -6.00. The Morgan fingerprint density at radius 3 is 1.37 bits per heavy atom. The Balaban J connectivity index is 0.000000497. The fourth-order valence-electron chi connectivity index (χ4n) is 4.64. The van der Waals surface area contributed by atoms with Gasteiger partial charge in [0.15, 0.2) is 0 Å². The van der Waals surface area contributed by atoms with Crippen LogP contribution in [0.15, 0.2) is 102 Å². The quantitative estimate of drug-likeness (QED) is 0.0842. The van der Waals surface area contributed by atoms with Crippen molar-refractivity contribution < 1.29 is 36.7 Å². The topological polar surface area (TPSA) is 12.4 Å². The minimum Gasteiger partial charge on any atom is -0.418 e. The summed E-state index contributed by atoms with van der Waals surface area (Å²) in [6.07, 6.45) is 16.2. The molecule has 4 rings (SSSR count). The van der Waals surface area contributed by atoms with Crippen LogP contribution in [0.25, 0.3) is 0 Å². The average Bonchev–Trinajstić information content (AvgIpc) is 2.83. The fourth-order valence-corrected chi connectivity index (χ4v) is 7.71. The number of halogens is 4. The molecule has 0 unspecified atom stereocenters. The second kappa shape index (κ2) is 18.2. The average molecular weight is 672 g/mol. The van der Waals surface area contributed by atoms with Gasteiger partial charge in [0.1, 0.15) is 5.16 Å². The summed E-state index contributed by atoms with van der Waals surface area (Å²) in [5.41, 5.74) is 4.89. The third-order valence-corrected chi connectivity index (χ3v) is 9.49. The number of nitrogens with zero attached hydrogens (tertiary/aromatic N) is 1. The predicted molar refractivity (Wildman–Crippen MR) is 170 cm³/mol. The molecule has 1 aliphatic rings. The summed E-state index contributed by atoms with van der Waals surface area (Å²) in [7, 11) is -7.03. The van der Waals surface area contributed by atoms with Crippen LogP contribution in [0, 0.1) is 20.8 Å². The van der Waals surface area contributed by atoms with Gasteiger partial charge < -0.3 is 17.3 Å². The molecule has 3 aromatic carbocycles. The van der Waals surface area contributed by atoms with Crippen molar-refractivity contribution >= 4 is 37.7 Å². The van der Waals surface area contributed by atoms with Crippen LogP contribution in [0.5, 0.6) is 0 Å². The molecule has 8 heteroatoms. The Kier molecular flexibility index (Phi) is 16.3. The van der Waals surface area contributed by atoms with Gasteiger partial charge in [-0.1, -0.05) is 78.4 Å². The molecular weight excluding hydrogens is 631 g/mol. The second-order valence-electron chi connectivity index (χ2n) is 10.4. The molecule has 0 spiro atoms. The maximum Gasteiger partial charge on any atom is 0.673 e. The van der Waals surface area contributed by atoms with Crippen LogP contribution in [-0.4, -0.2) is 18.6 Å². The van der Waals surface area contributed by atoms with Crippen LogP contribution in [-0.2, 0) is 19.5 Å². The third kappa shape index (κ3) is 14.4. The molecule has 1 radical (unpaired) electrons. The molecule has 41 heavy (non-hydrogen) atoms. The Bertz CT molecular complexity index is 1160. The molecule has 0 saturated carbocycles. The molecule has 1 nitrogen and oxygen atoms in total. The van der Waals surface area contributed by atoms with Crippen LogP contribution in [0.4, 0.5) is 23.0 Å². The van der Waals surface area contributed by atoms with Crippen molar-refractivity contribution in [2.24, 2.45) is 4.99 Å². The van der Waals surface area contributed by atoms with Gasteiger partial charge >= 0.3 is 7.25 Å². The first kappa shape index (κ1) is 36.7. The van der Waals surface area contributed by atoms with Gasteiger partial charge in [0, 0.05) is 25.7 Å². The monoisotopic (exact) mass is 672 g/mol. The normalized spacial score (nSPS) is 14.9. The van der Waals surface area contributed by atoms with Gasteiger partial charge in [0.05, 0.1) is 24.2 Å². The zero-order chi connectivity index (χ0) is 29.6. The van der Waals surface area contributed by atoms with E-state index in [1.54, 1.807) is 0 Å². The van der Waals surface area contributed by atoms with Crippen molar-refractivity contribution in [1.82, 2.24) is 0 Å². The number of aliphatic imine (C=N–C) groups is 1. The smallest absolute Gasteiger partial charge is 0.418 e. The molecule has 3 aromatic rings. The summed E-state index contributed by atoms with van der Waals surface area (Å²) in [4.78, 5) is 4.99. The first-order valence-corrected chi connectivity index (χ1v) is 15.2. The zero-order valence-corrected chi connectivity index (χ0v) is 27.2. The standard InChI is InChI=1S/C25H28NP.C8H12.BF4.Rh/c1-19-16-20(2)24(21(3)17-19)26-18-25(4,5)27(22-12-8-6-9-13-22)23-14-10-7-11-15-23;1-2-4-6-8-7-5-3-1;2-1(3,4)5;/h6-18H,1-5H3;1-2,7-8H,3-6H2;;/q;;-1;/p+1/b;2-1-,8-7-;;. The van der Waals surface area contributed by atoms with Gasteiger partial charge in [-0.15, -0.1) is 0 Å². The maximum atomic E-state index is 9.75. The number of rotatable bonds is 5. The Hall–Kier alpha value is -2.35. The SMILES string of the molecule is C1=C\CC/C=C\CC/1.Cc1cc(C)c(N=CC(C)(C)[PH+](c2ccccc2)c2ccccc2)c(C)c1.F[B-](F)(F)F.[Rh]. The van der Waals surface area contributed by atoms with E-state index in [1.165, 1.54) is 53.0 Å². The molecular formula is C33H41BF4NPRh. The number of aryl methyl sites for hydroxylation is 3. The Morgan fingerprint density at radius 2 is 1.02 bits per heavy atom. The largest absolute Gasteiger partial charge is 0.673 e. The van der Waals surface area contributed by atoms with E-state index in [1.807, 2.05) is 0 Å². The predicted octanol–water partition coefficient (Wildman–Crippen LogP) is 9.93. The van der Waals surface area contributed by atoms with Crippen molar-refractivity contribution in [3.63, 3.8) is 0 Å². The van der Waals surface area contributed by atoms with Crippen LogP contribution in [0.1, 0.15) is 56.2 Å². The summed E-state index contributed by atoms with van der Waals surface area (Å²) in [6.45, 7) is 11.1. The van der Waals surface area contributed by atoms with E-state index in [0.717, 1.165) is 5.69 Å². The number of hydrogen-bond acceptors (Lipinski definition) is 1. The summed E-state index contributed by atoms with van der Waals surface area (Å²) in [6, 6.07) is 26.2. The summed E-state index contributed by atoms with van der Waals surface area (Å²) < 4.78 is 39.0. The van der Waals surface area contributed by atoms with E-state index in [-0.39, 0.29) is 24.6 Å². The summed E-state index contributed by atoms with van der Waals surface area (Å²) in [5, 5.41) is 2.81. The van der Waals surface area contributed by atoms with Gasteiger partial charge in [-0.05, 0) is 95.7 Å². The summed E-state index contributed by atoms with van der Waals surface area (Å²) >= 11 is 0. The van der Waals surface area contributed by atoms with Crippen molar-refractivity contribution in [1.29, 1.82) is 0 Å². The van der Waals surface area contributed by atoms with Crippen LogP contribution in [0.3, 0.4) is 0 Å². The van der Waals surface area contributed by atoms with E-state index >= 15 is 0 Å². The van der Waals surface area contributed by atoms with E-state index in [2.05, 4.69) is 138 Å². The van der Waals surface area contributed by atoms with Crippen molar-refractivity contribution in [2.75, 3.05) is 0 Å². The minimum absolute atomic E-state index is 0. The van der Waals surface area contributed by atoms with Gasteiger partial charge in [0.2, 0.25) is 0 Å². The van der Waals surface area contributed by atoms with Gasteiger partial charge in [-0.2, -0.15) is 0 Å². The molecule has 0 amide bonds. The molecule has 0 heterocycles. The molecule has 0 fully saturated rings. The number of allylic oxidation sites excluding steroid dienone is 4. The first-order valence-electron chi connectivity index (χ1n) is 13.7. The van der Waals surface area contributed by atoms with E-state index in [9.17, 15) is 17.3 Å². The fraction of sp³-hybridized carbons (Fsp3) is 0.303.